The molecule has 4 rings (SSSR count). The molecule has 0 unspecified atom stereocenters. The summed E-state index contributed by atoms with van der Waals surface area (Å²) in [5, 5.41) is 4.00. The van der Waals surface area contributed by atoms with E-state index in [0.717, 1.165) is 17.1 Å². The van der Waals surface area contributed by atoms with E-state index >= 15 is 0 Å². The zero-order valence-electron chi connectivity index (χ0n) is 14.6. The topological polar surface area (TPSA) is 75.1 Å². The fourth-order valence-electron chi connectivity index (χ4n) is 2.57. The van der Waals surface area contributed by atoms with Crippen molar-refractivity contribution in [2.75, 3.05) is 7.11 Å². The predicted octanol–water partition coefficient (Wildman–Crippen LogP) is 4.13. The molecule has 0 saturated carbocycles. The quantitative estimate of drug-likeness (QED) is 0.678. The maximum atomic E-state index is 5.80. The van der Waals surface area contributed by atoms with Crippen LogP contribution in [0.15, 0.2) is 72.1 Å². The monoisotopic (exact) mass is 363 g/mol. The molecule has 2 heterocycles. The smallest absolute Gasteiger partial charge is 0.316 e. The Morgan fingerprint density at radius 1 is 0.852 bits per heavy atom. The van der Waals surface area contributed by atoms with Gasteiger partial charge < -0.3 is 19.0 Å². The van der Waals surface area contributed by atoms with Crippen LogP contribution in [0, 0.1) is 0 Å². The number of nitrogens with zero attached hydrogens (tertiary/aromatic N) is 3. The number of methoxy groups -OCH3 is 1. The molecule has 0 bridgehead atoms. The molecular weight excluding hydrogens is 346 g/mol. The molecule has 1 aliphatic heterocycles. The van der Waals surface area contributed by atoms with Crippen LogP contribution in [0.5, 0.6) is 23.3 Å². The Hall–Kier alpha value is -3.61. The van der Waals surface area contributed by atoms with Gasteiger partial charge in [0.25, 0.3) is 0 Å². The van der Waals surface area contributed by atoms with Gasteiger partial charge in [-0.15, -0.1) is 0 Å². The summed E-state index contributed by atoms with van der Waals surface area (Å²) in [5.74, 6) is 2.50. The lowest BCUT2D eigenvalue weighted by Crippen LogP contribution is -2.08. The summed E-state index contributed by atoms with van der Waals surface area (Å²) < 4.78 is 16.4. The molecule has 0 N–H and O–H groups in total. The van der Waals surface area contributed by atoms with Crippen LogP contribution < -0.4 is 14.2 Å². The number of rotatable bonds is 5. The van der Waals surface area contributed by atoms with Crippen molar-refractivity contribution in [3.05, 3.63) is 72.6 Å². The first-order valence-electron chi connectivity index (χ1n) is 8.39. The average Bonchev–Trinajstić information content (AvgIpc) is 3.18. The van der Waals surface area contributed by atoms with Gasteiger partial charge in [-0.25, -0.2) is 0 Å². The Kier molecular flexibility index (Phi) is 4.82. The number of ether oxygens (including phenoxy) is 3. The van der Waals surface area contributed by atoms with Crippen molar-refractivity contribution >= 4 is 5.90 Å². The second-order valence-electron chi connectivity index (χ2n) is 5.77. The van der Waals surface area contributed by atoms with Crippen molar-refractivity contribution in [1.29, 1.82) is 0 Å². The first-order chi connectivity index (χ1) is 13.3. The van der Waals surface area contributed by atoms with Crippen LogP contribution in [-0.2, 0) is 4.84 Å². The minimum absolute atomic E-state index is 0.204. The summed E-state index contributed by atoms with van der Waals surface area (Å²) in [4.78, 5) is 13.5. The largest absolute Gasteiger partial charge is 0.467 e. The van der Waals surface area contributed by atoms with Gasteiger partial charge in [0.2, 0.25) is 5.90 Å². The summed E-state index contributed by atoms with van der Waals surface area (Å²) >= 11 is 0. The van der Waals surface area contributed by atoms with Crippen LogP contribution in [0.2, 0.25) is 0 Å². The van der Waals surface area contributed by atoms with E-state index in [-0.39, 0.29) is 12.1 Å². The Balaban J connectivity index is 1.35. The third-order valence-electron chi connectivity index (χ3n) is 3.90. The molecule has 0 saturated heterocycles. The third-order valence-corrected chi connectivity index (χ3v) is 3.90. The maximum Gasteiger partial charge on any atom is 0.316 e. The minimum atomic E-state index is -0.204. The SMILES string of the molecule is COc1ncc(OC2=NO[C@@H](c3ccc(Oc4ccccc4)cc3)C2)cn1. The Morgan fingerprint density at radius 3 is 2.26 bits per heavy atom. The van der Waals surface area contributed by atoms with Crippen molar-refractivity contribution in [2.45, 2.75) is 12.5 Å². The lowest BCUT2D eigenvalue weighted by atomic mass is 10.1. The van der Waals surface area contributed by atoms with Crippen LogP contribution in [-0.4, -0.2) is 23.0 Å². The first kappa shape index (κ1) is 16.8. The van der Waals surface area contributed by atoms with Crippen molar-refractivity contribution < 1.29 is 19.0 Å². The first-order valence-corrected chi connectivity index (χ1v) is 8.39. The van der Waals surface area contributed by atoms with Gasteiger partial charge in [0, 0.05) is 0 Å². The van der Waals surface area contributed by atoms with Crippen LogP contribution in [0.4, 0.5) is 0 Å². The summed E-state index contributed by atoms with van der Waals surface area (Å²) in [6.45, 7) is 0. The molecule has 136 valence electrons. The molecule has 0 spiro atoms. The van der Waals surface area contributed by atoms with Crippen LogP contribution in [0.3, 0.4) is 0 Å². The number of oxime groups is 1. The Labute approximate surface area is 156 Å². The van der Waals surface area contributed by atoms with Gasteiger partial charge in [-0.05, 0) is 29.8 Å². The molecular formula is C20H17N3O4. The fraction of sp³-hybridized carbons (Fsp3) is 0.150. The number of hydrogen-bond donors (Lipinski definition) is 0. The summed E-state index contributed by atoms with van der Waals surface area (Å²) in [5.41, 5.74) is 0.990. The lowest BCUT2D eigenvalue weighted by molar-refractivity contribution is 0.0855. The molecule has 7 nitrogen and oxygen atoms in total. The van der Waals surface area contributed by atoms with E-state index in [1.807, 2.05) is 54.6 Å². The second kappa shape index (κ2) is 7.74. The van der Waals surface area contributed by atoms with E-state index < -0.39 is 0 Å². The summed E-state index contributed by atoms with van der Waals surface area (Å²) in [6, 6.07) is 17.6. The van der Waals surface area contributed by atoms with Gasteiger partial charge >= 0.3 is 6.01 Å². The fourth-order valence-corrected chi connectivity index (χ4v) is 2.57. The predicted molar refractivity (Wildman–Crippen MR) is 98.0 cm³/mol. The molecule has 1 aliphatic rings. The van der Waals surface area contributed by atoms with Crippen molar-refractivity contribution in [3.8, 4) is 23.3 Å². The average molecular weight is 363 g/mol. The van der Waals surface area contributed by atoms with Crippen LogP contribution >= 0.6 is 0 Å². The number of benzene rings is 2. The summed E-state index contributed by atoms with van der Waals surface area (Å²) in [6.07, 6.45) is 3.37. The van der Waals surface area contributed by atoms with Crippen molar-refractivity contribution in [3.63, 3.8) is 0 Å². The van der Waals surface area contributed by atoms with E-state index in [1.54, 1.807) is 0 Å². The van der Waals surface area contributed by atoms with Gasteiger partial charge in [0.05, 0.1) is 25.9 Å². The highest BCUT2D eigenvalue weighted by Crippen LogP contribution is 2.30. The van der Waals surface area contributed by atoms with E-state index in [4.69, 9.17) is 19.0 Å². The third kappa shape index (κ3) is 4.14. The van der Waals surface area contributed by atoms with Crippen LogP contribution in [0.25, 0.3) is 0 Å². The molecule has 1 atom stereocenters. The molecule has 0 amide bonds. The Morgan fingerprint density at radius 2 is 1.56 bits per heavy atom. The molecule has 0 radical (unpaired) electrons. The van der Waals surface area contributed by atoms with Gasteiger partial charge in [-0.2, -0.15) is 9.97 Å². The standard InChI is InChI=1S/C20H17N3O4/c1-24-20-21-12-17(13-22-20)26-19-11-18(27-23-19)14-7-9-16(10-8-14)25-15-5-3-2-4-6-15/h2-10,12-13,18H,11H2,1H3/t18-/m1/s1. The minimum Gasteiger partial charge on any atom is -0.467 e. The molecule has 3 aromatic rings. The van der Waals surface area contributed by atoms with E-state index in [2.05, 4.69) is 15.1 Å². The molecule has 0 aliphatic carbocycles. The van der Waals surface area contributed by atoms with Gasteiger partial charge in [-0.3, -0.25) is 0 Å². The van der Waals surface area contributed by atoms with E-state index in [9.17, 15) is 0 Å². The second-order valence-corrected chi connectivity index (χ2v) is 5.77. The molecule has 7 heteroatoms. The molecule has 2 aromatic carbocycles. The van der Waals surface area contributed by atoms with E-state index in [1.165, 1.54) is 19.5 Å². The summed E-state index contributed by atoms with van der Waals surface area (Å²) in [7, 11) is 1.51. The van der Waals surface area contributed by atoms with Crippen molar-refractivity contribution in [1.82, 2.24) is 9.97 Å². The van der Waals surface area contributed by atoms with Gasteiger partial charge in [0.1, 0.15) is 11.5 Å². The Bertz CT molecular complexity index is 912. The maximum absolute atomic E-state index is 5.80. The number of hydrogen-bond acceptors (Lipinski definition) is 7. The highest BCUT2D eigenvalue weighted by Gasteiger charge is 2.24. The zero-order valence-corrected chi connectivity index (χ0v) is 14.6. The number of para-hydroxylation sites is 1. The molecule has 0 fully saturated rings. The van der Waals surface area contributed by atoms with Crippen LogP contribution in [0.1, 0.15) is 18.1 Å². The number of aromatic nitrogens is 2. The molecule has 1 aromatic heterocycles. The zero-order chi connectivity index (χ0) is 18.5. The van der Waals surface area contributed by atoms with Gasteiger partial charge in [0.15, 0.2) is 11.9 Å². The lowest BCUT2D eigenvalue weighted by Gasteiger charge is -2.10. The normalized spacial score (nSPS) is 15.6. The highest BCUT2D eigenvalue weighted by molar-refractivity contribution is 5.79. The highest BCUT2D eigenvalue weighted by atomic mass is 16.7. The van der Waals surface area contributed by atoms with Gasteiger partial charge in [-0.1, -0.05) is 35.5 Å². The van der Waals surface area contributed by atoms with Crippen molar-refractivity contribution in [2.24, 2.45) is 5.16 Å². The van der Waals surface area contributed by atoms with E-state index in [0.29, 0.717) is 18.1 Å². The molecule has 27 heavy (non-hydrogen) atoms.